The third kappa shape index (κ3) is 5.44. The molecule has 18 heavy (non-hydrogen) atoms. The van der Waals surface area contributed by atoms with Gasteiger partial charge in [-0.1, -0.05) is 13.0 Å². The van der Waals surface area contributed by atoms with Gasteiger partial charge in [0.25, 0.3) is 0 Å². The average Bonchev–Trinajstić information content (AvgIpc) is 2.38. The van der Waals surface area contributed by atoms with Crippen molar-refractivity contribution < 1.29 is 10.2 Å². The topological polar surface area (TPSA) is 68.6 Å². The molecule has 0 fully saturated rings. The van der Waals surface area contributed by atoms with Gasteiger partial charge in [-0.25, -0.2) is 4.98 Å². The first kappa shape index (κ1) is 14.9. The van der Waals surface area contributed by atoms with E-state index in [1.54, 1.807) is 0 Å². The van der Waals surface area contributed by atoms with Crippen LogP contribution >= 0.6 is 0 Å². The summed E-state index contributed by atoms with van der Waals surface area (Å²) in [6, 6.07) is 3.98. The van der Waals surface area contributed by atoms with E-state index < -0.39 is 0 Å². The van der Waals surface area contributed by atoms with Crippen LogP contribution in [-0.2, 0) is 6.54 Å². The van der Waals surface area contributed by atoms with E-state index >= 15 is 0 Å². The molecule has 0 bridgehead atoms. The average molecular weight is 253 g/mol. The number of aliphatic hydroxyl groups is 2. The Morgan fingerprint density at radius 2 is 1.94 bits per heavy atom. The molecule has 0 aliphatic carbocycles. The van der Waals surface area contributed by atoms with Gasteiger partial charge in [0, 0.05) is 32.4 Å². The summed E-state index contributed by atoms with van der Waals surface area (Å²) >= 11 is 0. The number of aliphatic hydroxyl groups excluding tert-OH is 2. The molecule has 0 aliphatic rings. The van der Waals surface area contributed by atoms with E-state index in [9.17, 15) is 0 Å². The van der Waals surface area contributed by atoms with Crippen LogP contribution in [0.25, 0.3) is 0 Å². The minimum absolute atomic E-state index is 0.101. The first-order valence-corrected chi connectivity index (χ1v) is 6.43. The van der Waals surface area contributed by atoms with Gasteiger partial charge >= 0.3 is 0 Å². The molecule has 0 spiro atoms. The van der Waals surface area contributed by atoms with Gasteiger partial charge in [-0.2, -0.15) is 0 Å². The Labute approximate surface area is 108 Å². The quantitative estimate of drug-likeness (QED) is 0.604. The standard InChI is InChI=1S/C13H23N3O2/c1-2-5-14-13-4-3-12(10-15-13)11-16(6-8-17)7-9-18/h3-4,10,17-18H,2,5-9,11H2,1H3,(H,14,15). The highest BCUT2D eigenvalue weighted by Crippen LogP contribution is 2.07. The summed E-state index contributed by atoms with van der Waals surface area (Å²) < 4.78 is 0. The van der Waals surface area contributed by atoms with Crippen molar-refractivity contribution in [1.29, 1.82) is 0 Å². The lowest BCUT2D eigenvalue weighted by atomic mass is 10.2. The van der Waals surface area contributed by atoms with Crippen LogP contribution in [0.15, 0.2) is 18.3 Å². The zero-order valence-electron chi connectivity index (χ0n) is 11.0. The van der Waals surface area contributed by atoms with Crippen LogP contribution < -0.4 is 5.32 Å². The molecule has 0 saturated heterocycles. The van der Waals surface area contributed by atoms with Crippen LogP contribution in [0.3, 0.4) is 0 Å². The van der Waals surface area contributed by atoms with Crippen molar-refractivity contribution in [2.45, 2.75) is 19.9 Å². The SMILES string of the molecule is CCCNc1ccc(CN(CCO)CCO)cn1. The molecule has 3 N–H and O–H groups in total. The van der Waals surface area contributed by atoms with Gasteiger partial charge in [-0.3, -0.25) is 4.90 Å². The van der Waals surface area contributed by atoms with Gasteiger partial charge in [-0.15, -0.1) is 0 Å². The molecule has 5 nitrogen and oxygen atoms in total. The molecule has 102 valence electrons. The number of rotatable bonds is 9. The minimum Gasteiger partial charge on any atom is -0.395 e. The lowest BCUT2D eigenvalue weighted by molar-refractivity contribution is 0.156. The first-order chi connectivity index (χ1) is 8.80. The number of aromatic nitrogens is 1. The molecule has 5 heteroatoms. The van der Waals surface area contributed by atoms with E-state index in [1.807, 2.05) is 23.2 Å². The molecular formula is C13H23N3O2. The van der Waals surface area contributed by atoms with Gasteiger partial charge in [0.1, 0.15) is 5.82 Å². The summed E-state index contributed by atoms with van der Waals surface area (Å²) in [5, 5.41) is 21.1. The Morgan fingerprint density at radius 3 is 2.44 bits per heavy atom. The Kier molecular flexibility index (Phi) is 7.32. The zero-order chi connectivity index (χ0) is 13.2. The molecule has 0 aliphatic heterocycles. The number of nitrogens with zero attached hydrogens (tertiary/aromatic N) is 2. The predicted molar refractivity (Wildman–Crippen MR) is 72.5 cm³/mol. The van der Waals surface area contributed by atoms with Gasteiger partial charge in [-0.05, 0) is 18.1 Å². The smallest absolute Gasteiger partial charge is 0.125 e. The molecule has 0 saturated carbocycles. The highest BCUT2D eigenvalue weighted by atomic mass is 16.3. The first-order valence-electron chi connectivity index (χ1n) is 6.43. The second kappa shape index (κ2) is 8.85. The third-order valence-corrected chi connectivity index (χ3v) is 2.62. The number of anilines is 1. The molecule has 0 aromatic carbocycles. The molecule has 0 radical (unpaired) electrons. The fourth-order valence-electron chi connectivity index (χ4n) is 1.69. The fraction of sp³-hybridized carbons (Fsp3) is 0.615. The summed E-state index contributed by atoms with van der Waals surface area (Å²) in [7, 11) is 0. The number of hydrogen-bond acceptors (Lipinski definition) is 5. The number of pyridine rings is 1. The molecule has 0 unspecified atom stereocenters. The molecule has 0 amide bonds. The summed E-state index contributed by atoms with van der Waals surface area (Å²) in [5.41, 5.74) is 1.08. The van der Waals surface area contributed by atoms with Crippen molar-refractivity contribution in [2.75, 3.05) is 38.2 Å². The fourth-order valence-corrected chi connectivity index (χ4v) is 1.69. The van der Waals surface area contributed by atoms with E-state index in [2.05, 4.69) is 17.2 Å². The molecule has 1 rings (SSSR count). The molecule has 1 aromatic heterocycles. The van der Waals surface area contributed by atoms with E-state index in [0.717, 1.165) is 24.3 Å². The summed E-state index contributed by atoms with van der Waals surface area (Å²) in [6.45, 7) is 5.07. The summed E-state index contributed by atoms with van der Waals surface area (Å²) in [6.07, 6.45) is 2.91. The van der Waals surface area contributed by atoms with Crippen LogP contribution in [0, 0.1) is 0 Å². The maximum Gasteiger partial charge on any atom is 0.125 e. The second-order valence-electron chi connectivity index (χ2n) is 4.20. The van der Waals surface area contributed by atoms with E-state index in [-0.39, 0.29) is 13.2 Å². The van der Waals surface area contributed by atoms with Crippen LogP contribution in [0.1, 0.15) is 18.9 Å². The molecule has 1 aromatic rings. The maximum absolute atomic E-state index is 8.93. The second-order valence-corrected chi connectivity index (χ2v) is 4.20. The normalized spacial score (nSPS) is 10.9. The van der Waals surface area contributed by atoms with E-state index in [0.29, 0.717) is 19.6 Å². The van der Waals surface area contributed by atoms with Crippen molar-refractivity contribution in [3.8, 4) is 0 Å². The molecule has 1 heterocycles. The van der Waals surface area contributed by atoms with Crippen LogP contribution in [0.2, 0.25) is 0 Å². The van der Waals surface area contributed by atoms with Crippen molar-refractivity contribution in [3.63, 3.8) is 0 Å². The number of hydrogen-bond donors (Lipinski definition) is 3. The Morgan fingerprint density at radius 1 is 1.22 bits per heavy atom. The lowest BCUT2D eigenvalue weighted by Gasteiger charge is -2.20. The molecule has 0 atom stereocenters. The molecular weight excluding hydrogens is 230 g/mol. The predicted octanol–water partition coefficient (Wildman–Crippen LogP) is 0.690. The highest BCUT2D eigenvalue weighted by Gasteiger charge is 2.05. The van der Waals surface area contributed by atoms with Crippen LogP contribution in [-0.4, -0.2) is 52.9 Å². The van der Waals surface area contributed by atoms with Crippen molar-refractivity contribution >= 4 is 5.82 Å². The number of nitrogens with one attached hydrogen (secondary N) is 1. The van der Waals surface area contributed by atoms with Crippen LogP contribution in [0.5, 0.6) is 0 Å². The maximum atomic E-state index is 8.93. The summed E-state index contributed by atoms with van der Waals surface area (Å²) in [4.78, 5) is 6.32. The lowest BCUT2D eigenvalue weighted by Crippen LogP contribution is -2.29. The van der Waals surface area contributed by atoms with Gasteiger partial charge in [0.05, 0.1) is 13.2 Å². The van der Waals surface area contributed by atoms with Crippen molar-refractivity contribution in [1.82, 2.24) is 9.88 Å². The van der Waals surface area contributed by atoms with E-state index in [1.165, 1.54) is 0 Å². The highest BCUT2D eigenvalue weighted by molar-refractivity contribution is 5.35. The van der Waals surface area contributed by atoms with Crippen molar-refractivity contribution in [3.05, 3.63) is 23.9 Å². The van der Waals surface area contributed by atoms with Gasteiger partial charge in [0.15, 0.2) is 0 Å². The summed E-state index contributed by atoms with van der Waals surface area (Å²) in [5.74, 6) is 0.886. The monoisotopic (exact) mass is 253 g/mol. The Balaban J connectivity index is 2.50. The van der Waals surface area contributed by atoms with E-state index in [4.69, 9.17) is 10.2 Å². The van der Waals surface area contributed by atoms with Crippen molar-refractivity contribution in [2.24, 2.45) is 0 Å². The Hall–Kier alpha value is -1.17. The van der Waals surface area contributed by atoms with Crippen LogP contribution in [0.4, 0.5) is 5.82 Å². The Bertz CT molecular complexity index is 311. The zero-order valence-corrected chi connectivity index (χ0v) is 11.0. The van der Waals surface area contributed by atoms with Gasteiger partial charge < -0.3 is 15.5 Å². The van der Waals surface area contributed by atoms with Gasteiger partial charge in [0.2, 0.25) is 0 Å². The third-order valence-electron chi connectivity index (χ3n) is 2.62. The minimum atomic E-state index is 0.101. The largest absolute Gasteiger partial charge is 0.395 e.